The van der Waals surface area contributed by atoms with Gasteiger partial charge in [0.15, 0.2) is 0 Å². The first-order chi connectivity index (χ1) is 8.31. The summed E-state index contributed by atoms with van der Waals surface area (Å²) in [6, 6.07) is 0. The minimum absolute atomic E-state index is 0.215. The van der Waals surface area contributed by atoms with Crippen LogP contribution in [0.3, 0.4) is 0 Å². The van der Waals surface area contributed by atoms with E-state index in [1.165, 1.54) is 11.6 Å². The van der Waals surface area contributed by atoms with Gasteiger partial charge in [-0.2, -0.15) is 0 Å². The Hall–Kier alpha value is -1.58. The second-order valence-corrected chi connectivity index (χ2v) is 5.20. The Balaban J connectivity index is 4.04. The molecule has 0 saturated carbocycles. The Morgan fingerprint density at radius 3 is 2.22 bits per heavy atom. The Kier molecular flexibility index (Phi) is 4.33. The van der Waals surface area contributed by atoms with Gasteiger partial charge >= 0.3 is 5.69 Å². The topological polar surface area (TPSA) is 44.0 Å². The summed E-state index contributed by atoms with van der Waals surface area (Å²) >= 11 is 0. The summed E-state index contributed by atoms with van der Waals surface area (Å²) in [5.41, 5.74) is 0.473. The number of rotatable bonds is 2. The van der Waals surface area contributed by atoms with Crippen molar-refractivity contribution < 1.29 is 0 Å². The Bertz CT molecular complexity index is 671. The molecule has 1 rings (SSSR count). The smallest absolute Gasteiger partial charge is 0.293 e. The van der Waals surface area contributed by atoms with Gasteiger partial charge in [-0.25, -0.2) is 4.79 Å². The van der Waals surface area contributed by atoms with Gasteiger partial charge in [0.1, 0.15) is 0 Å². The third kappa shape index (κ3) is 2.47. The molecule has 0 spiro atoms. The Labute approximate surface area is 107 Å². The highest BCUT2D eigenvalue weighted by atomic mass is 16.2. The molecule has 100 valence electrons. The van der Waals surface area contributed by atoms with Crippen LogP contribution in [-0.4, -0.2) is 9.13 Å². The molecule has 0 aliphatic heterocycles. The van der Waals surface area contributed by atoms with Crippen LogP contribution < -0.4 is 21.8 Å². The first kappa shape index (κ1) is 14.5. The highest BCUT2D eigenvalue weighted by molar-refractivity contribution is 5.38. The monoisotopic (exact) mass is 250 g/mol. The van der Waals surface area contributed by atoms with Gasteiger partial charge < -0.3 is 0 Å². The summed E-state index contributed by atoms with van der Waals surface area (Å²) < 4.78 is 2.88. The van der Waals surface area contributed by atoms with E-state index in [2.05, 4.69) is 13.8 Å². The van der Waals surface area contributed by atoms with Crippen molar-refractivity contribution in [1.82, 2.24) is 9.13 Å². The average Bonchev–Trinajstić information content (AvgIpc) is 2.28. The number of nitrogens with zero attached hydrogens (tertiary/aromatic N) is 2. The van der Waals surface area contributed by atoms with Crippen LogP contribution >= 0.6 is 0 Å². The lowest BCUT2D eigenvalue weighted by molar-refractivity contribution is 0.474. The first-order valence-electron chi connectivity index (χ1n) is 6.25. The molecule has 0 aliphatic rings. The van der Waals surface area contributed by atoms with Gasteiger partial charge in [-0.3, -0.25) is 13.9 Å². The fourth-order valence-electron chi connectivity index (χ4n) is 2.09. The largest absolute Gasteiger partial charge is 0.331 e. The van der Waals surface area contributed by atoms with Crippen molar-refractivity contribution in [2.75, 3.05) is 0 Å². The molecule has 0 N–H and O–H groups in total. The molecule has 0 radical (unpaired) electrons. The first-order valence-corrected chi connectivity index (χ1v) is 6.25. The molecular formula is C14H22N2O2. The van der Waals surface area contributed by atoms with Crippen molar-refractivity contribution in [2.24, 2.45) is 13.0 Å². The van der Waals surface area contributed by atoms with Crippen LogP contribution in [0.5, 0.6) is 0 Å². The van der Waals surface area contributed by atoms with Gasteiger partial charge in [-0.1, -0.05) is 25.5 Å². The van der Waals surface area contributed by atoms with Crippen LogP contribution in [-0.2, 0) is 13.6 Å². The van der Waals surface area contributed by atoms with E-state index in [1.807, 2.05) is 26.8 Å². The van der Waals surface area contributed by atoms with Crippen molar-refractivity contribution in [2.45, 2.75) is 41.2 Å². The normalized spacial score (nSPS) is 12.3. The fourth-order valence-corrected chi connectivity index (χ4v) is 2.09. The maximum absolute atomic E-state index is 12.2. The molecule has 18 heavy (non-hydrogen) atoms. The van der Waals surface area contributed by atoms with Gasteiger partial charge in [0.2, 0.25) is 0 Å². The molecule has 0 fully saturated rings. The maximum atomic E-state index is 12.2. The van der Waals surface area contributed by atoms with Crippen LogP contribution in [0.25, 0.3) is 11.6 Å². The highest BCUT2D eigenvalue weighted by Gasteiger charge is 2.09. The van der Waals surface area contributed by atoms with Crippen molar-refractivity contribution in [3.05, 3.63) is 31.4 Å². The summed E-state index contributed by atoms with van der Waals surface area (Å²) in [5, 5.41) is 1.37. The Morgan fingerprint density at radius 2 is 1.83 bits per heavy atom. The fraction of sp³-hybridized carbons (Fsp3) is 0.571. The quantitative estimate of drug-likeness (QED) is 0.752. The van der Waals surface area contributed by atoms with Crippen LogP contribution in [0.15, 0.2) is 9.59 Å². The van der Waals surface area contributed by atoms with Crippen LogP contribution in [0.2, 0.25) is 0 Å². The minimum atomic E-state index is -0.244. The van der Waals surface area contributed by atoms with Crippen LogP contribution in [0.1, 0.15) is 34.6 Å². The molecule has 0 bridgehead atoms. The molecule has 0 atom stereocenters. The van der Waals surface area contributed by atoms with Gasteiger partial charge in [-0.05, 0) is 26.7 Å². The average molecular weight is 250 g/mol. The van der Waals surface area contributed by atoms with E-state index < -0.39 is 0 Å². The van der Waals surface area contributed by atoms with E-state index in [1.54, 1.807) is 4.57 Å². The van der Waals surface area contributed by atoms with E-state index >= 15 is 0 Å². The lowest BCUT2D eigenvalue weighted by Crippen LogP contribution is -2.58. The molecule has 0 saturated heterocycles. The van der Waals surface area contributed by atoms with E-state index in [0.29, 0.717) is 17.7 Å². The number of hydrogen-bond donors (Lipinski definition) is 0. The molecule has 0 unspecified atom stereocenters. The molecular weight excluding hydrogens is 228 g/mol. The third-order valence-corrected chi connectivity index (χ3v) is 2.90. The SMILES string of the molecule is CC=c1c(=C(C)C)c(=O)n(C)c(=O)n1CC(C)C. The van der Waals surface area contributed by atoms with Gasteiger partial charge in [-0.15, -0.1) is 0 Å². The van der Waals surface area contributed by atoms with Crippen LogP contribution in [0.4, 0.5) is 0 Å². The maximum Gasteiger partial charge on any atom is 0.331 e. The van der Waals surface area contributed by atoms with Crippen molar-refractivity contribution in [3.63, 3.8) is 0 Å². The summed E-state index contributed by atoms with van der Waals surface area (Å²) in [5.74, 6) is 0.351. The summed E-state index contributed by atoms with van der Waals surface area (Å²) in [7, 11) is 1.54. The number of aromatic nitrogens is 2. The zero-order chi connectivity index (χ0) is 14.0. The standard InChI is InChI=1S/C14H22N2O2/c1-7-11-12(10(4)5)13(17)15(6)14(18)16(11)8-9(2)3/h7,9H,8H2,1-6H3. The Morgan fingerprint density at radius 1 is 1.28 bits per heavy atom. The molecule has 4 heteroatoms. The predicted octanol–water partition coefficient (Wildman–Crippen LogP) is 0.194. The third-order valence-electron chi connectivity index (χ3n) is 2.90. The minimum Gasteiger partial charge on any atom is -0.293 e. The second-order valence-electron chi connectivity index (χ2n) is 5.20. The van der Waals surface area contributed by atoms with Gasteiger partial charge in [0.25, 0.3) is 5.56 Å². The van der Waals surface area contributed by atoms with Crippen molar-refractivity contribution in [3.8, 4) is 0 Å². The lowest BCUT2D eigenvalue weighted by Gasteiger charge is -2.12. The number of hydrogen-bond acceptors (Lipinski definition) is 2. The highest BCUT2D eigenvalue weighted by Crippen LogP contribution is 1.92. The van der Waals surface area contributed by atoms with Crippen LogP contribution in [0, 0.1) is 5.92 Å². The molecule has 4 nitrogen and oxygen atoms in total. The van der Waals surface area contributed by atoms with E-state index in [9.17, 15) is 9.59 Å². The molecule has 0 aromatic carbocycles. The zero-order valence-corrected chi connectivity index (χ0v) is 12.1. The van der Waals surface area contributed by atoms with Gasteiger partial charge in [0, 0.05) is 13.6 Å². The van der Waals surface area contributed by atoms with Crippen molar-refractivity contribution in [1.29, 1.82) is 0 Å². The molecule has 0 aliphatic carbocycles. The summed E-state index contributed by atoms with van der Waals surface area (Å²) in [4.78, 5) is 24.3. The second kappa shape index (κ2) is 5.38. The van der Waals surface area contributed by atoms with E-state index in [4.69, 9.17) is 0 Å². The molecule has 1 aromatic heterocycles. The summed E-state index contributed by atoms with van der Waals surface area (Å²) in [6.07, 6.45) is 1.84. The molecule has 0 amide bonds. The van der Waals surface area contributed by atoms with Crippen molar-refractivity contribution >= 4 is 11.6 Å². The predicted molar refractivity (Wildman–Crippen MR) is 74.9 cm³/mol. The summed E-state index contributed by atoms with van der Waals surface area (Å²) in [6.45, 7) is 10.4. The zero-order valence-electron chi connectivity index (χ0n) is 12.1. The van der Waals surface area contributed by atoms with E-state index in [0.717, 1.165) is 10.9 Å². The molecule has 1 aromatic rings. The van der Waals surface area contributed by atoms with Gasteiger partial charge in [0.05, 0.1) is 10.6 Å². The molecule has 1 heterocycles. The van der Waals surface area contributed by atoms with E-state index in [-0.39, 0.29) is 11.2 Å². The lowest BCUT2D eigenvalue weighted by atomic mass is 10.2.